The second kappa shape index (κ2) is 4.49. The largest absolute Gasteiger partial charge is 0.463 e. The Morgan fingerprint density at radius 2 is 2.27 bits per heavy atom. The van der Waals surface area contributed by atoms with Crippen molar-refractivity contribution >= 4 is 5.69 Å². The third kappa shape index (κ3) is 2.59. The minimum atomic E-state index is -0.352. The van der Waals surface area contributed by atoms with Crippen LogP contribution in [0.4, 0.5) is 10.1 Å². The summed E-state index contributed by atoms with van der Waals surface area (Å²) in [6.07, 6.45) is 2.66. The van der Waals surface area contributed by atoms with Gasteiger partial charge in [-0.15, -0.1) is 0 Å². The smallest absolute Gasteiger partial charge is 0.199 e. The first kappa shape index (κ1) is 10.2. The van der Waals surface area contributed by atoms with E-state index in [0.717, 1.165) is 19.3 Å². The minimum absolute atomic E-state index is 0.289. The zero-order chi connectivity index (χ0) is 10.7. The molecule has 1 aromatic carbocycles. The molecule has 1 aliphatic rings. The van der Waals surface area contributed by atoms with Crippen LogP contribution >= 0.6 is 0 Å². The van der Waals surface area contributed by atoms with Crippen LogP contribution in [-0.2, 0) is 4.74 Å². The quantitative estimate of drug-likeness (QED) is 0.763. The van der Waals surface area contributed by atoms with E-state index in [1.54, 1.807) is 0 Å². The van der Waals surface area contributed by atoms with Gasteiger partial charge in [0, 0.05) is 12.5 Å². The van der Waals surface area contributed by atoms with E-state index in [1.807, 2.05) is 0 Å². The van der Waals surface area contributed by atoms with E-state index in [-0.39, 0.29) is 12.1 Å². The average molecular weight is 211 g/mol. The average Bonchev–Trinajstić information content (AvgIpc) is 2.25. The van der Waals surface area contributed by atoms with Gasteiger partial charge in [0.25, 0.3) is 0 Å². The molecular formula is C11H14FNO2. The molecule has 4 heteroatoms. The van der Waals surface area contributed by atoms with Crippen LogP contribution in [0.15, 0.2) is 18.2 Å². The molecular weight excluding hydrogens is 197 g/mol. The summed E-state index contributed by atoms with van der Waals surface area (Å²) < 4.78 is 23.8. The molecule has 0 aromatic heterocycles. The lowest BCUT2D eigenvalue weighted by atomic mass is 10.2. The first-order valence-corrected chi connectivity index (χ1v) is 5.09. The molecule has 82 valence electrons. The molecule has 1 atom stereocenters. The van der Waals surface area contributed by atoms with Crippen LogP contribution in [0.1, 0.15) is 19.3 Å². The Morgan fingerprint density at radius 3 is 3.00 bits per heavy atom. The fourth-order valence-corrected chi connectivity index (χ4v) is 1.56. The molecule has 2 rings (SSSR count). The van der Waals surface area contributed by atoms with E-state index >= 15 is 0 Å². The van der Waals surface area contributed by atoms with E-state index in [0.29, 0.717) is 18.0 Å². The predicted octanol–water partition coefficient (Wildman–Crippen LogP) is 2.31. The lowest BCUT2D eigenvalue weighted by molar-refractivity contribution is -0.105. The molecule has 1 aromatic rings. The maximum absolute atomic E-state index is 12.9. The minimum Gasteiger partial charge on any atom is -0.463 e. The number of hydrogen-bond acceptors (Lipinski definition) is 3. The van der Waals surface area contributed by atoms with Crippen molar-refractivity contribution in [3.05, 3.63) is 24.0 Å². The van der Waals surface area contributed by atoms with Gasteiger partial charge in [-0.2, -0.15) is 0 Å². The Kier molecular flexibility index (Phi) is 3.06. The SMILES string of the molecule is Nc1ccc(F)cc1O[C@H]1CCCCO1. The summed E-state index contributed by atoms with van der Waals surface area (Å²) in [5.74, 6) is 0.0110. The maximum Gasteiger partial charge on any atom is 0.199 e. The maximum atomic E-state index is 12.9. The highest BCUT2D eigenvalue weighted by atomic mass is 19.1. The molecule has 0 spiro atoms. The van der Waals surface area contributed by atoms with Crippen molar-refractivity contribution < 1.29 is 13.9 Å². The van der Waals surface area contributed by atoms with Crippen LogP contribution < -0.4 is 10.5 Å². The van der Waals surface area contributed by atoms with Gasteiger partial charge in [-0.25, -0.2) is 4.39 Å². The summed E-state index contributed by atoms with van der Waals surface area (Å²) in [6, 6.07) is 4.09. The number of ether oxygens (including phenoxy) is 2. The molecule has 2 N–H and O–H groups in total. The fourth-order valence-electron chi connectivity index (χ4n) is 1.56. The zero-order valence-corrected chi connectivity index (χ0v) is 8.41. The summed E-state index contributed by atoms with van der Waals surface area (Å²) >= 11 is 0. The predicted molar refractivity (Wildman–Crippen MR) is 55.0 cm³/mol. The van der Waals surface area contributed by atoms with Gasteiger partial charge in [-0.1, -0.05) is 0 Å². The normalized spacial score (nSPS) is 21.3. The Labute approximate surface area is 88.0 Å². The van der Waals surface area contributed by atoms with Gasteiger partial charge in [-0.05, 0) is 25.0 Å². The van der Waals surface area contributed by atoms with Gasteiger partial charge in [0.1, 0.15) is 11.6 Å². The van der Waals surface area contributed by atoms with E-state index in [4.69, 9.17) is 15.2 Å². The highest BCUT2D eigenvalue weighted by Gasteiger charge is 2.16. The second-order valence-electron chi connectivity index (χ2n) is 3.60. The molecule has 1 saturated heterocycles. The van der Waals surface area contributed by atoms with Crippen molar-refractivity contribution in [1.29, 1.82) is 0 Å². The molecule has 0 unspecified atom stereocenters. The molecule has 0 saturated carbocycles. The van der Waals surface area contributed by atoms with Crippen molar-refractivity contribution in [3.63, 3.8) is 0 Å². The number of halogens is 1. The molecule has 0 bridgehead atoms. The molecule has 0 aliphatic carbocycles. The topological polar surface area (TPSA) is 44.5 Å². The van der Waals surface area contributed by atoms with Gasteiger partial charge in [0.15, 0.2) is 6.29 Å². The molecule has 0 amide bonds. The van der Waals surface area contributed by atoms with Gasteiger partial charge < -0.3 is 15.2 Å². The lowest BCUT2D eigenvalue weighted by Crippen LogP contribution is -2.25. The van der Waals surface area contributed by atoms with Crippen LogP contribution in [-0.4, -0.2) is 12.9 Å². The van der Waals surface area contributed by atoms with Crippen LogP contribution in [0.2, 0.25) is 0 Å². The van der Waals surface area contributed by atoms with E-state index < -0.39 is 0 Å². The van der Waals surface area contributed by atoms with E-state index in [1.165, 1.54) is 18.2 Å². The van der Waals surface area contributed by atoms with Crippen molar-refractivity contribution in [2.45, 2.75) is 25.6 Å². The molecule has 1 aliphatic heterocycles. The molecule has 1 fully saturated rings. The number of hydrogen-bond donors (Lipinski definition) is 1. The van der Waals surface area contributed by atoms with Gasteiger partial charge in [0.05, 0.1) is 12.3 Å². The zero-order valence-electron chi connectivity index (χ0n) is 8.41. The third-order valence-electron chi connectivity index (χ3n) is 2.37. The van der Waals surface area contributed by atoms with Crippen LogP contribution in [0.25, 0.3) is 0 Å². The highest BCUT2D eigenvalue weighted by Crippen LogP contribution is 2.25. The van der Waals surface area contributed by atoms with E-state index in [2.05, 4.69) is 0 Å². The van der Waals surface area contributed by atoms with Gasteiger partial charge in [-0.3, -0.25) is 0 Å². The first-order valence-electron chi connectivity index (χ1n) is 5.09. The highest BCUT2D eigenvalue weighted by molar-refractivity contribution is 5.52. The first-order chi connectivity index (χ1) is 7.25. The standard InChI is InChI=1S/C11H14FNO2/c12-8-4-5-9(13)10(7-8)15-11-3-1-2-6-14-11/h4-5,7,11H,1-3,6,13H2/t11-/m0/s1. The number of benzene rings is 1. The van der Waals surface area contributed by atoms with Crippen molar-refractivity contribution in [3.8, 4) is 5.75 Å². The number of anilines is 1. The summed E-state index contributed by atoms with van der Waals surface area (Å²) in [6.45, 7) is 0.694. The van der Waals surface area contributed by atoms with Crippen LogP contribution in [0.5, 0.6) is 5.75 Å². The van der Waals surface area contributed by atoms with Crippen LogP contribution in [0, 0.1) is 5.82 Å². The Balaban J connectivity index is 2.05. The van der Waals surface area contributed by atoms with Gasteiger partial charge >= 0.3 is 0 Å². The summed E-state index contributed by atoms with van der Waals surface area (Å²) in [5, 5.41) is 0. The number of nitrogen functional groups attached to an aromatic ring is 1. The molecule has 0 radical (unpaired) electrons. The van der Waals surface area contributed by atoms with Crippen molar-refractivity contribution in [2.75, 3.05) is 12.3 Å². The lowest BCUT2D eigenvalue weighted by Gasteiger charge is -2.24. The third-order valence-corrected chi connectivity index (χ3v) is 2.37. The monoisotopic (exact) mass is 211 g/mol. The van der Waals surface area contributed by atoms with Crippen molar-refractivity contribution in [1.82, 2.24) is 0 Å². The number of nitrogens with two attached hydrogens (primary N) is 1. The summed E-state index contributed by atoms with van der Waals surface area (Å²) in [4.78, 5) is 0. The van der Waals surface area contributed by atoms with E-state index in [9.17, 15) is 4.39 Å². The second-order valence-corrected chi connectivity index (χ2v) is 3.60. The van der Waals surface area contributed by atoms with Crippen molar-refractivity contribution in [2.24, 2.45) is 0 Å². The molecule has 15 heavy (non-hydrogen) atoms. The summed E-state index contributed by atoms with van der Waals surface area (Å²) in [5.41, 5.74) is 6.10. The fraction of sp³-hybridized carbons (Fsp3) is 0.455. The van der Waals surface area contributed by atoms with Gasteiger partial charge in [0.2, 0.25) is 0 Å². The summed E-state index contributed by atoms with van der Waals surface area (Å²) in [7, 11) is 0. The Morgan fingerprint density at radius 1 is 1.40 bits per heavy atom. The van der Waals surface area contributed by atoms with Crippen LogP contribution in [0.3, 0.4) is 0 Å². The Hall–Kier alpha value is -1.29. The number of rotatable bonds is 2. The molecule has 1 heterocycles. The molecule has 3 nitrogen and oxygen atoms in total. The Bertz CT molecular complexity index is 337.